The van der Waals surface area contributed by atoms with Crippen molar-refractivity contribution in [1.29, 1.82) is 0 Å². The molecule has 1 aromatic heterocycles. The van der Waals surface area contributed by atoms with Crippen LogP contribution in [0.1, 0.15) is 28.0 Å². The van der Waals surface area contributed by atoms with E-state index >= 15 is 0 Å². The van der Waals surface area contributed by atoms with Gasteiger partial charge in [-0.3, -0.25) is 14.8 Å². The van der Waals surface area contributed by atoms with Gasteiger partial charge in [0.05, 0.1) is 17.0 Å². The fourth-order valence-electron chi connectivity index (χ4n) is 2.60. The SMILES string of the molecule is O=C(O)c1ccc(C2(C(=O)O)C=NC(c3ccccn3)=CC2)cc1. The van der Waals surface area contributed by atoms with Crippen LogP contribution in [-0.4, -0.2) is 33.4 Å². The average molecular weight is 322 g/mol. The van der Waals surface area contributed by atoms with Gasteiger partial charge in [0.2, 0.25) is 0 Å². The minimum absolute atomic E-state index is 0.108. The largest absolute Gasteiger partial charge is 0.480 e. The normalized spacial score (nSPS) is 19.6. The summed E-state index contributed by atoms with van der Waals surface area (Å²) in [6.45, 7) is 0. The van der Waals surface area contributed by atoms with Crippen molar-refractivity contribution in [2.45, 2.75) is 11.8 Å². The van der Waals surface area contributed by atoms with E-state index in [0.717, 1.165) is 0 Å². The van der Waals surface area contributed by atoms with Gasteiger partial charge in [-0.15, -0.1) is 0 Å². The molecule has 3 rings (SSSR count). The minimum atomic E-state index is -1.31. The molecular weight excluding hydrogens is 308 g/mol. The van der Waals surface area contributed by atoms with Gasteiger partial charge in [0.15, 0.2) is 0 Å². The first-order chi connectivity index (χ1) is 11.5. The number of rotatable bonds is 4. The van der Waals surface area contributed by atoms with Gasteiger partial charge in [-0.05, 0) is 36.2 Å². The molecule has 0 bridgehead atoms. The summed E-state index contributed by atoms with van der Waals surface area (Å²) in [5.41, 5.74) is 0.579. The predicted octanol–water partition coefficient (Wildman–Crippen LogP) is 2.62. The van der Waals surface area contributed by atoms with E-state index in [-0.39, 0.29) is 12.0 Å². The Labute approximate surface area is 137 Å². The van der Waals surface area contributed by atoms with Crippen LogP contribution >= 0.6 is 0 Å². The number of aliphatic imine (C=N–C) groups is 1. The van der Waals surface area contributed by atoms with E-state index in [0.29, 0.717) is 17.0 Å². The zero-order valence-corrected chi connectivity index (χ0v) is 12.6. The Morgan fingerprint density at radius 3 is 2.29 bits per heavy atom. The highest BCUT2D eigenvalue weighted by atomic mass is 16.4. The summed E-state index contributed by atoms with van der Waals surface area (Å²) >= 11 is 0. The number of nitrogens with zero attached hydrogens (tertiary/aromatic N) is 2. The van der Waals surface area contributed by atoms with E-state index in [1.165, 1.54) is 30.5 Å². The van der Waals surface area contributed by atoms with Gasteiger partial charge in [-0.25, -0.2) is 4.79 Å². The number of allylic oxidation sites excluding steroid dienone is 1. The molecule has 24 heavy (non-hydrogen) atoms. The second kappa shape index (κ2) is 6.08. The van der Waals surface area contributed by atoms with Gasteiger partial charge in [0, 0.05) is 12.4 Å². The highest BCUT2D eigenvalue weighted by molar-refractivity contribution is 6.04. The fourth-order valence-corrected chi connectivity index (χ4v) is 2.60. The number of hydrogen-bond donors (Lipinski definition) is 2. The lowest BCUT2D eigenvalue weighted by Gasteiger charge is -2.27. The first-order valence-electron chi connectivity index (χ1n) is 7.27. The number of carbonyl (C=O) groups is 2. The molecule has 1 atom stereocenters. The average Bonchev–Trinajstić information content (AvgIpc) is 2.62. The van der Waals surface area contributed by atoms with Crippen molar-refractivity contribution < 1.29 is 19.8 Å². The molecule has 1 aromatic carbocycles. The Bertz CT molecular complexity index is 841. The maximum absolute atomic E-state index is 11.9. The molecule has 1 unspecified atom stereocenters. The summed E-state index contributed by atoms with van der Waals surface area (Å²) in [6.07, 6.45) is 5.00. The van der Waals surface area contributed by atoms with Gasteiger partial charge in [-0.2, -0.15) is 0 Å². The summed E-state index contributed by atoms with van der Waals surface area (Å²) in [4.78, 5) is 31.3. The van der Waals surface area contributed by atoms with Crippen molar-refractivity contribution in [3.63, 3.8) is 0 Å². The third kappa shape index (κ3) is 2.69. The Morgan fingerprint density at radius 1 is 1.04 bits per heavy atom. The molecule has 2 heterocycles. The third-order valence-electron chi connectivity index (χ3n) is 4.00. The number of carboxylic acid groups (broad SMARTS) is 2. The molecule has 0 amide bonds. The fraction of sp³-hybridized carbons (Fsp3) is 0.111. The van der Waals surface area contributed by atoms with Crippen molar-refractivity contribution in [3.8, 4) is 0 Å². The number of carboxylic acids is 2. The summed E-state index contributed by atoms with van der Waals surface area (Å²) in [7, 11) is 0. The first-order valence-corrected chi connectivity index (χ1v) is 7.27. The topological polar surface area (TPSA) is 99.8 Å². The van der Waals surface area contributed by atoms with Gasteiger partial charge >= 0.3 is 11.9 Å². The van der Waals surface area contributed by atoms with Gasteiger partial charge < -0.3 is 10.2 Å². The van der Waals surface area contributed by atoms with Crippen molar-refractivity contribution >= 4 is 23.9 Å². The quantitative estimate of drug-likeness (QED) is 0.901. The zero-order chi connectivity index (χ0) is 17.2. The molecule has 1 aliphatic heterocycles. The van der Waals surface area contributed by atoms with E-state index in [2.05, 4.69) is 9.98 Å². The van der Waals surface area contributed by atoms with E-state index in [1.54, 1.807) is 24.4 Å². The van der Waals surface area contributed by atoms with Crippen LogP contribution in [0.25, 0.3) is 5.70 Å². The van der Waals surface area contributed by atoms with Crippen molar-refractivity contribution in [2.24, 2.45) is 4.99 Å². The Morgan fingerprint density at radius 2 is 1.79 bits per heavy atom. The molecule has 2 N–H and O–H groups in total. The molecule has 0 saturated carbocycles. The molecule has 0 radical (unpaired) electrons. The van der Waals surface area contributed by atoms with E-state index in [9.17, 15) is 14.7 Å². The van der Waals surface area contributed by atoms with E-state index in [4.69, 9.17) is 5.11 Å². The van der Waals surface area contributed by atoms with Crippen LogP contribution in [0.3, 0.4) is 0 Å². The maximum Gasteiger partial charge on any atom is 0.335 e. The molecule has 2 aromatic rings. The lowest BCUT2D eigenvalue weighted by Crippen LogP contribution is -2.38. The summed E-state index contributed by atoms with van der Waals surface area (Å²) in [6, 6.07) is 11.3. The number of aromatic carboxylic acids is 1. The molecule has 6 nitrogen and oxygen atoms in total. The van der Waals surface area contributed by atoms with Gasteiger partial charge in [0.25, 0.3) is 0 Å². The lowest BCUT2D eigenvalue weighted by atomic mass is 9.77. The minimum Gasteiger partial charge on any atom is -0.480 e. The third-order valence-corrected chi connectivity index (χ3v) is 4.00. The highest BCUT2D eigenvalue weighted by Crippen LogP contribution is 2.33. The Balaban J connectivity index is 1.95. The standard InChI is InChI=1S/C18H14N2O4/c21-16(22)12-4-6-13(7-5-12)18(17(23)24)9-8-15(20-11-18)14-3-1-2-10-19-14/h1-8,10-11H,9H2,(H,21,22)(H,23,24). The number of benzene rings is 1. The molecular formula is C18H14N2O4. The number of aromatic nitrogens is 1. The van der Waals surface area contributed by atoms with Crippen LogP contribution in [0, 0.1) is 0 Å². The van der Waals surface area contributed by atoms with Crippen molar-refractivity contribution in [2.75, 3.05) is 0 Å². The molecule has 0 spiro atoms. The van der Waals surface area contributed by atoms with Crippen LogP contribution < -0.4 is 0 Å². The van der Waals surface area contributed by atoms with Crippen LogP contribution in [0.4, 0.5) is 0 Å². The molecule has 6 heteroatoms. The summed E-state index contributed by atoms with van der Waals surface area (Å²) < 4.78 is 0. The molecule has 120 valence electrons. The summed E-state index contributed by atoms with van der Waals surface area (Å²) in [5.74, 6) is -2.09. The Kier molecular flexibility index (Phi) is 3.95. The van der Waals surface area contributed by atoms with Crippen molar-refractivity contribution in [1.82, 2.24) is 4.98 Å². The molecule has 0 saturated heterocycles. The van der Waals surface area contributed by atoms with E-state index < -0.39 is 17.4 Å². The first kappa shape index (κ1) is 15.6. The smallest absolute Gasteiger partial charge is 0.335 e. The van der Waals surface area contributed by atoms with Crippen molar-refractivity contribution in [3.05, 3.63) is 71.6 Å². The maximum atomic E-state index is 11.9. The molecule has 1 aliphatic rings. The van der Waals surface area contributed by atoms with Gasteiger partial charge in [-0.1, -0.05) is 24.3 Å². The molecule has 0 aliphatic carbocycles. The van der Waals surface area contributed by atoms with Crippen LogP contribution in [-0.2, 0) is 10.2 Å². The molecule has 0 fully saturated rings. The van der Waals surface area contributed by atoms with E-state index in [1.807, 2.05) is 6.07 Å². The van der Waals surface area contributed by atoms with Crippen LogP contribution in [0.15, 0.2) is 59.7 Å². The lowest BCUT2D eigenvalue weighted by molar-refractivity contribution is -0.140. The zero-order valence-electron chi connectivity index (χ0n) is 12.6. The predicted molar refractivity (Wildman–Crippen MR) is 88.0 cm³/mol. The van der Waals surface area contributed by atoms with Crippen LogP contribution in [0.5, 0.6) is 0 Å². The number of pyridine rings is 1. The number of hydrogen-bond acceptors (Lipinski definition) is 4. The second-order valence-corrected chi connectivity index (χ2v) is 5.43. The number of aliphatic carboxylic acids is 1. The van der Waals surface area contributed by atoms with Crippen LogP contribution in [0.2, 0.25) is 0 Å². The monoisotopic (exact) mass is 322 g/mol. The second-order valence-electron chi connectivity index (χ2n) is 5.43. The highest BCUT2D eigenvalue weighted by Gasteiger charge is 2.40. The summed E-state index contributed by atoms with van der Waals surface area (Å²) in [5, 5.41) is 18.7. The van der Waals surface area contributed by atoms with Gasteiger partial charge in [0.1, 0.15) is 5.41 Å². The Hall–Kier alpha value is -3.28.